The molecule has 1 fully saturated rings. The smallest absolute Gasteiger partial charge is 0.262 e. The van der Waals surface area contributed by atoms with Gasteiger partial charge in [-0.1, -0.05) is 29.8 Å². The van der Waals surface area contributed by atoms with Gasteiger partial charge in [0.05, 0.1) is 45.8 Å². The number of ether oxygens (including phenoxy) is 1. The normalized spacial score (nSPS) is 33.5. The van der Waals surface area contributed by atoms with E-state index in [-0.39, 0.29) is 23.7 Å². The molecule has 222 valence electrons. The molecule has 42 heavy (non-hydrogen) atoms. The zero-order chi connectivity index (χ0) is 29.5. The molecule has 1 unspecified atom stereocenters. The number of allylic oxidation sites excluding steroid dienone is 1. The minimum Gasteiger partial charge on any atom is -0.490 e. The molecule has 9 heteroatoms. The van der Waals surface area contributed by atoms with Crippen LogP contribution in [0.4, 0.5) is 5.69 Å². The van der Waals surface area contributed by atoms with Crippen molar-refractivity contribution >= 4 is 38.8 Å². The maximum atomic E-state index is 13.6. The molecule has 2 aliphatic carbocycles. The third-order valence-electron chi connectivity index (χ3n) is 9.78. The van der Waals surface area contributed by atoms with E-state index in [1.807, 2.05) is 30.4 Å². The lowest BCUT2D eigenvalue weighted by Crippen LogP contribution is -2.49. The highest BCUT2D eigenvalue weighted by atomic mass is 35.5. The Balaban J connectivity index is 1.42. The highest BCUT2D eigenvalue weighted by molar-refractivity contribution is 7.99. The number of carbonyl (C=O) groups is 1. The Morgan fingerprint density at radius 2 is 2.10 bits per heavy atom. The molecule has 7 nitrogen and oxygen atoms in total. The molecular formula is C33H38ClN3O4S. The maximum Gasteiger partial charge on any atom is 0.262 e. The first kappa shape index (κ1) is 29.1. The monoisotopic (exact) mass is 607 g/mol. The van der Waals surface area contributed by atoms with Crippen molar-refractivity contribution in [3.8, 4) is 11.8 Å². The second-order valence-corrected chi connectivity index (χ2v) is 15.2. The van der Waals surface area contributed by atoms with Gasteiger partial charge in [-0.25, -0.2) is 4.21 Å². The summed E-state index contributed by atoms with van der Waals surface area (Å²) in [4.78, 5) is 15.8. The summed E-state index contributed by atoms with van der Waals surface area (Å²) in [5.41, 5.74) is 3.48. The number of amides is 1. The van der Waals surface area contributed by atoms with Crippen molar-refractivity contribution in [1.82, 2.24) is 4.72 Å². The number of fused-ring (bicyclic) bond motifs is 4. The Kier molecular flexibility index (Phi) is 8.03. The number of aliphatic hydroxyl groups excluding tert-OH is 1. The third-order valence-corrected chi connectivity index (χ3v) is 12.0. The van der Waals surface area contributed by atoms with Crippen LogP contribution in [0.2, 0.25) is 5.02 Å². The number of hydrogen-bond acceptors (Lipinski definition) is 6. The number of rotatable bonds is 1. The lowest BCUT2D eigenvalue weighted by Gasteiger charge is -2.45. The highest BCUT2D eigenvalue weighted by Gasteiger charge is 2.44. The molecule has 6 atom stereocenters. The van der Waals surface area contributed by atoms with Crippen molar-refractivity contribution in [3.63, 3.8) is 0 Å². The van der Waals surface area contributed by atoms with E-state index >= 15 is 0 Å². The van der Waals surface area contributed by atoms with Crippen molar-refractivity contribution in [3.05, 3.63) is 70.3 Å². The van der Waals surface area contributed by atoms with E-state index < -0.39 is 27.0 Å². The minimum atomic E-state index is -3.11. The summed E-state index contributed by atoms with van der Waals surface area (Å²) in [5.74, 6) is 4.51. The van der Waals surface area contributed by atoms with Crippen molar-refractivity contribution < 1.29 is 18.8 Å². The third kappa shape index (κ3) is 5.55. The van der Waals surface area contributed by atoms with E-state index in [9.17, 15) is 19.4 Å². The fourth-order valence-corrected chi connectivity index (χ4v) is 8.95. The Labute approximate surface area is 253 Å². The van der Waals surface area contributed by atoms with Crippen LogP contribution >= 0.6 is 11.6 Å². The Morgan fingerprint density at radius 3 is 2.88 bits per heavy atom. The Morgan fingerprint density at radius 1 is 1.24 bits per heavy atom. The zero-order valence-corrected chi connectivity index (χ0v) is 25.3. The molecule has 2 aromatic rings. The van der Waals surface area contributed by atoms with Gasteiger partial charge in [-0.15, -0.1) is 0 Å². The fourth-order valence-electron chi connectivity index (χ4n) is 7.30. The molecule has 0 saturated heterocycles. The van der Waals surface area contributed by atoms with Crippen LogP contribution in [0, 0.1) is 23.2 Å². The summed E-state index contributed by atoms with van der Waals surface area (Å²) in [5, 5.41) is 20.6. The minimum absolute atomic E-state index is 0.0181. The maximum absolute atomic E-state index is 13.6. The van der Waals surface area contributed by atoms with Gasteiger partial charge in [0.1, 0.15) is 5.75 Å². The van der Waals surface area contributed by atoms with Crippen molar-refractivity contribution in [2.45, 2.75) is 68.1 Å². The van der Waals surface area contributed by atoms with Crippen molar-refractivity contribution in [2.75, 3.05) is 24.6 Å². The molecule has 1 amide bonds. The second-order valence-electron chi connectivity index (χ2n) is 12.4. The number of benzene rings is 2. The first-order valence-electron chi connectivity index (χ1n) is 14.9. The predicted octanol–water partition coefficient (Wildman–Crippen LogP) is 5.19. The lowest BCUT2D eigenvalue weighted by atomic mass is 9.68. The molecule has 6 rings (SSSR count). The van der Waals surface area contributed by atoms with Crippen LogP contribution in [0.5, 0.6) is 5.75 Å². The average molecular weight is 608 g/mol. The molecule has 4 aliphatic rings. The Hall–Kier alpha value is -2.99. The molecular weight excluding hydrogens is 570 g/mol. The van der Waals surface area contributed by atoms with Crippen LogP contribution < -0.4 is 14.4 Å². The number of nitrogens with one attached hydrogen (secondary N) is 1. The number of carbonyl (C=O) groups excluding carboxylic acids is 1. The van der Waals surface area contributed by atoms with Gasteiger partial charge in [-0.2, -0.15) is 5.26 Å². The second kappa shape index (κ2) is 11.6. The first-order valence-corrected chi connectivity index (χ1v) is 17.1. The van der Waals surface area contributed by atoms with Crippen LogP contribution in [-0.2, 0) is 21.5 Å². The van der Waals surface area contributed by atoms with Crippen LogP contribution in [0.15, 0.2) is 48.6 Å². The largest absolute Gasteiger partial charge is 0.490 e. The number of anilines is 1. The predicted molar refractivity (Wildman–Crippen MR) is 168 cm³/mol. The SMILES string of the molecule is C=S1(=O)NC(=O)c2ccc3c(c2)N(C[C@@H]2CC[C@H]2[C@@H](O)/C=C\CC[C@@H]1CC#N)C[C@@]1(CCCc2cc(Cl)ccc21)CO3. The van der Waals surface area contributed by atoms with Gasteiger partial charge in [0.15, 0.2) is 0 Å². The molecule has 2 aromatic carbocycles. The Bertz CT molecular complexity index is 1550. The molecule has 2 N–H and O–H groups in total. The summed E-state index contributed by atoms with van der Waals surface area (Å²) in [6.07, 6.45) is 9.12. The fraction of sp³-hybridized carbons (Fsp3) is 0.485. The molecule has 1 spiro atoms. The molecule has 0 aromatic heterocycles. The number of aryl methyl sites for hydroxylation is 1. The molecule has 1 saturated carbocycles. The first-order chi connectivity index (χ1) is 20.2. The van der Waals surface area contributed by atoms with E-state index in [4.69, 9.17) is 16.3 Å². The van der Waals surface area contributed by atoms with E-state index in [2.05, 4.69) is 33.7 Å². The summed E-state index contributed by atoms with van der Waals surface area (Å²) in [6.45, 7) is 1.96. The number of nitriles is 1. The van der Waals surface area contributed by atoms with E-state index in [0.717, 1.165) is 49.4 Å². The van der Waals surface area contributed by atoms with Gasteiger partial charge in [-0.3, -0.25) is 9.52 Å². The highest BCUT2D eigenvalue weighted by Crippen LogP contribution is 2.46. The summed E-state index contributed by atoms with van der Waals surface area (Å²) >= 11 is 6.39. The average Bonchev–Trinajstić information content (AvgIpc) is 3.09. The van der Waals surface area contributed by atoms with E-state index in [0.29, 0.717) is 37.3 Å². The molecule has 2 heterocycles. The van der Waals surface area contributed by atoms with Crippen LogP contribution in [0.1, 0.15) is 66.4 Å². The van der Waals surface area contributed by atoms with E-state index in [1.54, 1.807) is 6.07 Å². The van der Waals surface area contributed by atoms with Gasteiger partial charge in [0.25, 0.3) is 5.91 Å². The van der Waals surface area contributed by atoms with Gasteiger partial charge < -0.3 is 14.7 Å². The quantitative estimate of drug-likeness (QED) is 0.342. The van der Waals surface area contributed by atoms with Crippen LogP contribution in [0.3, 0.4) is 0 Å². The van der Waals surface area contributed by atoms with Gasteiger partial charge in [0, 0.05) is 29.1 Å². The van der Waals surface area contributed by atoms with Gasteiger partial charge in [0.2, 0.25) is 0 Å². The summed E-state index contributed by atoms with van der Waals surface area (Å²) in [7, 11) is -3.11. The summed E-state index contributed by atoms with van der Waals surface area (Å²) < 4.78 is 22.8. The zero-order valence-electron chi connectivity index (χ0n) is 23.8. The number of nitrogens with zero attached hydrogens (tertiary/aromatic N) is 2. The van der Waals surface area contributed by atoms with Crippen molar-refractivity contribution in [1.29, 1.82) is 5.26 Å². The molecule has 2 bridgehead atoms. The standard InChI is InChI=1S/C33H38ClN3O4S/c1-42(40)26(14-16-35)6-2-3-7-30(38)27-11-8-24(27)19-37-20-33(15-4-5-22-17-25(34)10-12-28(22)33)21-41-31-13-9-23(18-29(31)37)32(39)36-42/h3,7,9-10,12-13,17-18,24,26-27,30,38H,1-2,4-6,8,11,14-15,19-21H2,(H,36,39,40)/b7-3-/t24-,26+,27+,30-,33-,42?/m0/s1. The molecule has 0 radical (unpaired) electrons. The van der Waals surface area contributed by atoms with Gasteiger partial charge in [-0.05, 0) is 104 Å². The number of aliphatic hydroxyl groups is 1. The van der Waals surface area contributed by atoms with Crippen LogP contribution in [-0.4, -0.2) is 52.1 Å². The number of hydrogen-bond donors (Lipinski definition) is 2. The number of halogens is 1. The summed E-state index contributed by atoms with van der Waals surface area (Å²) in [6, 6.07) is 13.7. The lowest BCUT2D eigenvalue weighted by molar-refractivity contribution is 0.0456. The van der Waals surface area contributed by atoms with Crippen LogP contribution in [0.25, 0.3) is 0 Å². The van der Waals surface area contributed by atoms with Crippen molar-refractivity contribution in [2.24, 2.45) is 11.8 Å². The molecule has 2 aliphatic heterocycles. The van der Waals surface area contributed by atoms with E-state index in [1.165, 1.54) is 11.1 Å². The van der Waals surface area contributed by atoms with Gasteiger partial charge >= 0.3 is 0 Å². The topological polar surface area (TPSA) is 103 Å².